The van der Waals surface area contributed by atoms with E-state index in [4.69, 9.17) is 14.2 Å². The predicted octanol–water partition coefficient (Wildman–Crippen LogP) is 0.634. The van der Waals surface area contributed by atoms with E-state index in [1.54, 1.807) is 0 Å². The quantitative estimate of drug-likeness (QED) is 0.655. The first-order valence-electron chi connectivity index (χ1n) is 4.72. The van der Waals surface area contributed by atoms with E-state index in [0.29, 0.717) is 0 Å². The molecule has 13 heavy (non-hydrogen) atoms. The number of ether oxygens (including phenoxy) is 3. The molecule has 2 aliphatic rings. The summed E-state index contributed by atoms with van der Waals surface area (Å²) in [6, 6.07) is 0. The van der Waals surface area contributed by atoms with Crippen LogP contribution < -0.4 is 0 Å². The van der Waals surface area contributed by atoms with Crippen molar-refractivity contribution in [3.8, 4) is 0 Å². The van der Waals surface area contributed by atoms with Crippen molar-refractivity contribution in [1.82, 2.24) is 0 Å². The van der Waals surface area contributed by atoms with Gasteiger partial charge < -0.3 is 19.3 Å². The monoisotopic (exact) mass is 188 g/mol. The highest BCUT2D eigenvalue weighted by molar-refractivity contribution is 4.93. The summed E-state index contributed by atoms with van der Waals surface area (Å²) in [6.45, 7) is 5.71. The van der Waals surface area contributed by atoms with Gasteiger partial charge in [-0.2, -0.15) is 0 Å². The minimum absolute atomic E-state index is 0.0400. The number of rotatable bonds is 1. The lowest BCUT2D eigenvalue weighted by Crippen LogP contribution is -2.29. The molecule has 2 rings (SSSR count). The molecule has 2 aliphatic heterocycles. The van der Waals surface area contributed by atoms with Crippen LogP contribution in [0.1, 0.15) is 27.2 Å². The second kappa shape index (κ2) is 2.92. The number of fused-ring (bicyclic) bond motifs is 1. The number of aliphatic hydroxyl groups excluding tert-OH is 1. The number of hydrogen-bond acceptors (Lipinski definition) is 4. The normalized spacial score (nSPS) is 48.0. The molecular weight excluding hydrogens is 172 g/mol. The molecule has 2 saturated heterocycles. The van der Waals surface area contributed by atoms with Crippen molar-refractivity contribution >= 4 is 0 Å². The van der Waals surface area contributed by atoms with Gasteiger partial charge in [0.15, 0.2) is 12.1 Å². The largest absolute Gasteiger partial charge is 0.366 e. The lowest BCUT2D eigenvalue weighted by molar-refractivity contribution is -0.220. The third kappa shape index (κ3) is 1.48. The lowest BCUT2D eigenvalue weighted by atomic mass is 10.1. The third-order valence-corrected chi connectivity index (χ3v) is 2.53. The van der Waals surface area contributed by atoms with Crippen LogP contribution in [0, 0.1) is 0 Å². The Labute approximate surface area is 77.8 Å². The third-order valence-electron chi connectivity index (χ3n) is 2.53. The zero-order valence-electron chi connectivity index (χ0n) is 8.19. The Morgan fingerprint density at radius 1 is 1.23 bits per heavy atom. The van der Waals surface area contributed by atoms with Crippen LogP contribution in [0.25, 0.3) is 0 Å². The van der Waals surface area contributed by atoms with E-state index in [1.165, 1.54) is 0 Å². The Bertz CT molecular complexity index is 204. The van der Waals surface area contributed by atoms with Crippen molar-refractivity contribution in [1.29, 1.82) is 0 Å². The van der Waals surface area contributed by atoms with Gasteiger partial charge in [0.25, 0.3) is 0 Å². The Balaban J connectivity index is 2.12. The standard InChI is InChI=1S/C9H16O4/c1-4-5-6-7(8(10)11-5)13-9(2,3)12-6/h5-8,10H,4H2,1-3H3/t5?,6-,7-,8?/m1/s1. The molecule has 0 amide bonds. The van der Waals surface area contributed by atoms with Crippen molar-refractivity contribution in [2.75, 3.05) is 0 Å². The summed E-state index contributed by atoms with van der Waals surface area (Å²) in [5.74, 6) is -0.590. The zero-order valence-corrected chi connectivity index (χ0v) is 8.19. The van der Waals surface area contributed by atoms with Crippen molar-refractivity contribution < 1.29 is 19.3 Å². The van der Waals surface area contributed by atoms with Crippen molar-refractivity contribution in [2.45, 2.75) is 57.6 Å². The number of aliphatic hydroxyl groups is 1. The molecule has 76 valence electrons. The summed E-state index contributed by atoms with van der Waals surface area (Å²) < 4.78 is 16.4. The smallest absolute Gasteiger partial charge is 0.184 e. The molecule has 4 nitrogen and oxygen atoms in total. The summed E-state index contributed by atoms with van der Waals surface area (Å²) in [6.07, 6.45) is -0.481. The first-order chi connectivity index (χ1) is 6.03. The summed E-state index contributed by atoms with van der Waals surface area (Å²) in [7, 11) is 0. The van der Waals surface area contributed by atoms with E-state index in [2.05, 4.69) is 0 Å². The molecule has 2 heterocycles. The Morgan fingerprint density at radius 3 is 2.46 bits per heavy atom. The summed E-state index contributed by atoms with van der Waals surface area (Å²) in [5.41, 5.74) is 0. The summed E-state index contributed by atoms with van der Waals surface area (Å²) >= 11 is 0. The van der Waals surface area contributed by atoms with Gasteiger partial charge in [-0.15, -0.1) is 0 Å². The maximum absolute atomic E-state index is 9.51. The molecule has 4 atom stereocenters. The molecule has 0 aliphatic carbocycles. The molecule has 2 fully saturated rings. The summed E-state index contributed by atoms with van der Waals surface area (Å²) in [4.78, 5) is 0. The highest BCUT2D eigenvalue weighted by Crippen LogP contribution is 2.38. The Kier molecular flexibility index (Phi) is 2.11. The van der Waals surface area contributed by atoms with Crippen molar-refractivity contribution in [2.24, 2.45) is 0 Å². The minimum atomic E-state index is -0.836. The van der Waals surface area contributed by atoms with Crippen LogP contribution >= 0.6 is 0 Å². The molecular formula is C9H16O4. The Morgan fingerprint density at radius 2 is 1.85 bits per heavy atom. The topological polar surface area (TPSA) is 47.9 Å². The van der Waals surface area contributed by atoms with Gasteiger partial charge in [-0.05, 0) is 20.3 Å². The minimum Gasteiger partial charge on any atom is -0.366 e. The van der Waals surface area contributed by atoms with Crippen LogP contribution in [0.2, 0.25) is 0 Å². The van der Waals surface area contributed by atoms with Crippen molar-refractivity contribution in [3.63, 3.8) is 0 Å². The van der Waals surface area contributed by atoms with Gasteiger partial charge in [-0.1, -0.05) is 6.92 Å². The van der Waals surface area contributed by atoms with E-state index in [9.17, 15) is 5.11 Å². The molecule has 2 unspecified atom stereocenters. The van der Waals surface area contributed by atoms with E-state index >= 15 is 0 Å². The van der Waals surface area contributed by atoms with Crippen LogP contribution in [0.4, 0.5) is 0 Å². The second-order valence-corrected chi connectivity index (χ2v) is 4.04. The van der Waals surface area contributed by atoms with Crippen LogP contribution in [0.5, 0.6) is 0 Å². The van der Waals surface area contributed by atoms with Crippen LogP contribution in [0.3, 0.4) is 0 Å². The molecule has 0 bridgehead atoms. The maximum Gasteiger partial charge on any atom is 0.184 e. The van der Waals surface area contributed by atoms with E-state index in [1.807, 2.05) is 20.8 Å². The molecule has 0 radical (unpaired) electrons. The van der Waals surface area contributed by atoms with E-state index < -0.39 is 12.1 Å². The molecule has 0 spiro atoms. The maximum atomic E-state index is 9.51. The highest BCUT2D eigenvalue weighted by atomic mass is 16.8. The second-order valence-electron chi connectivity index (χ2n) is 4.04. The zero-order chi connectivity index (χ0) is 9.64. The molecule has 4 heteroatoms. The summed E-state index contributed by atoms with van der Waals surface area (Å²) in [5, 5.41) is 9.51. The highest BCUT2D eigenvalue weighted by Gasteiger charge is 2.54. The molecule has 0 aromatic rings. The fourth-order valence-electron chi connectivity index (χ4n) is 1.99. The molecule has 0 aromatic heterocycles. The lowest BCUT2D eigenvalue weighted by Gasteiger charge is -2.21. The predicted molar refractivity (Wildman–Crippen MR) is 45.0 cm³/mol. The van der Waals surface area contributed by atoms with Gasteiger partial charge in [0.2, 0.25) is 0 Å². The first kappa shape index (κ1) is 9.40. The SMILES string of the molecule is CCC1OC(O)[C@@H]2OC(C)(C)O[C@H]12. The van der Waals surface area contributed by atoms with Gasteiger partial charge in [-0.25, -0.2) is 0 Å². The van der Waals surface area contributed by atoms with Crippen LogP contribution in [0.15, 0.2) is 0 Å². The van der Waals surface area contributed by atoms with Crippen LogP contribution in [-0.4, -0.2) is 35.5 Å². The van der Waals surface area contributed by atoms with Gasteiger partial charge in [0, 0.05) is 0 Å². The van der Waals surface area contributed by atoms with Gasteiger partial charge in [0.05, 0.1) is 6.10 Å². The van der Waals surface area contributed by atoms with E-state index in [-0.39, 0.29) is 18.3 Å². The first-order valence-corrected chi connectivity index (χ1v) is 4.72. The molecule has 1 N–H and O–H groups in total. The fraction of sp³-hybridized carbons (Fsp3) is 1.00. The number of hydrogen-bond donors (Lipinski definition) is 1. The average Bonchev–Trinajstić information content (AvgIpc) is 2.47. The average molecular weight is 188 g/mol. The van der Waals surface area contributed by atoms with Gasteiger partial charge in [0.1, 0.15) is 12.2 Å². The van der Waals surface area contributed by atoms with Crippen molar-refractivity contribution in [3.05, 3.63) is 0 Å². The fourth-order valence-corrected chi connectivity index (χ4v) is 1.99. The Hall–Kier alpha value is -0.160. The molecule has 0 aromatic carbocycles. The van der Waals surface area contributed by atoms with Gasteiger partial charge >= 0.3 is 0 Å². The molecule has 0 saturated carbocycles. The van der Waals surface area contributed by atoms with Gasteiger partial charge in [-0.3, -0.25) is 0 Å². The van der Waals surface area contributed by atoms with Crippen LogP contribution in [-0.2, 0) is 14.2 Å². The van der Waals surface area contributed by atoms with E-state index in [0.717, 1.165) is 6.42 Å².